The summed E-state index contributed by atoms with van der Waals surface area (Å²) in [5.74, 6) is 0. The minimum Gasteiger partial charge on any atom is -0.140 e. The summed E-state index contributed by atoms with van der Waals surface area (Å²) in [4.78, 5) is 0. The molecule has 0 nitrogen and oxygen atoms in total. The molecule has 0 aromatic carbocycles. The minimum absolute atomic E-state index is 5.50. The Morgan fingerprint density at radius 1 is 0.800 bits per heavy atom. The predicted molar refractivity (Wildman–Crippen MR) is 7.16 cm³/mol. The first-order valence-corrected chi connectivity index (χ1v) is 0.756. The van der Waals surface area contributed by atoms with E-state index >= 15 is 0 Å². The van der Waals surface area contributed by atoms with Crippen molar-refractivity contribution in [2.75, 3.05) is 0 Å². The molecule has 0 saturated carbocycles. The third-order valence-electron chi connectivity index (χ3n) is 0. The second-order valence-electron chi connectivity index (χ2n) is 0.429. The van der Waals surface area contributed by atoms with Crippen LogP contribution < -0.4 is 0 Å². The van der Waals surface area contributed by atoms with Crippen LogP contribution in [-0.2, 0) is 0 Å². The Hall–Kier alpha value is -0.280. The molecule has 4 heteroatoms. The first-order valence-electron chi connectivity index (χ1n) is 0.756. The van der Waals surface area contributed by atoms with E-state index in [1.165, 1.54) is 0 Å². The summed E-state index contributed by atoms with van der Waals surface area (Å²) in [7, 11) is 0. The lowest BCUT2D eigenvalue weighted by Crippen LogP contribution is -1.92. The van der Waals surface area contributed by atoms with Crippen LogP contribution in [0, 0.1) is 0 Å². The average Bonchev–Trinajstić information content (AvgIpc) is 0.722. The zero-order valence-electron chi connectivity index (χ0n) is 2.01. The summed E-state index contributed by atoms with van der Waals surface area (Å²) in [5, 5.41) is 0. The molecule has 0 rings (SSSR count). The van der Waals surface area contributed by atoms with E-state index in [1.54, 1.807) is 0 Å². The van der Waals surface area contributed by atoms with Gasteiger partial charge in [-0.1, -0.05) is 0 Å². The molecule has 0 aromatic heterocycles. The van der Waals surface area contributed by atoms with Crippen LogP contribution in [0.2, 0.25) is 0 Å². The van der Waals surface area contributed by atoms with Crippen molar-refractivity contribution in [3.8, 4) is 0 Å². The van der Waals surface area contributed by atoms with Crippen molar-refractivity contribution in [1.29, 1.82) is 0 Å². The van der Waals surface area contributed by atoms with Gasteiger partial charge in [-0.05, 0) is 0 Å². The number of rotatable bonds is 0. The van der Waals surface area contributed by atoms with E-state index in [0.29, 0.717) is 0 Å². The Kier molecular flexibility index (Phi) is 0.794. The molecule has 5 heavy (non-hydrogen) atoms. The molecular weight excluding hydrogens is 89.0 g/mol. The van der Waals surface area contributed by atoms with Crippen molar-refractivity contribution >= 4 is 0 Å². The van der Waals surface area contributed by atoms with E-state index < -0.39 is 6.43 Å². The number of halogens is 4. The normalized spacial score (nSPS) is 12.0. The maximum Gasteiger partial charge on any atom is 0.559 e. The molecule has 0 amide bonds. The quantitative estimate of drug-likeness (QED) is 0.311. The van der Waals surface area contributed by atoms with Crippen molar-refractivity contribution in [3.05, 3.63) is 0 Å². The molecule has 0 fully saturated rings. The summed E-state index contributed by atoms with van der Waals surface area (Å²) >= 11 is 0. The zero-order chi connectivity index (χ0) is 4.50. The molecule has 0 aliphatic carbocycles. The Morgan fingerprint density at radius 3 is 0.800 bits per heavy atom. The monoisotopic (exact) mass is 89.0 g/mol. The third kappa shape index (κ3) is 140. The largest absolute Gasteiger partial charge is 0.559 e. The first kappa shape index (κ1) is 4.72. The van der Waals surface area contributed by atoms with Crippen molar-refractivity contribution in [2.45, 2.75) is 6.43 Å². The van der Waals surface area contributed by atoms with E-state index in [0.717, 1.165) is 0 Å². The Morgan fingerprint density at radius 2 is 0.800 bits per heavy atom. The van der Waals surface area contributed by atoms with Crippen LogP contribution in [0.3, 0.4) is 0 Å². The van der Waals surface area contributed by atoms with E-state index in [9.17, 15) is 17.6 Å². The van der Waals surface area contributed by atoms with E-state index in [2.05, 4.69) is 0 Å². The van der Waals surface area contributed by atoms with Gasteiger partial charge in [0.25, 0.3) is 0 Å². The summed E-state index contributed by atoms with van der Waals surface area (Å²) in [5.41, 5.74) is 0. The SMILES string of the molecule is F[13C](F)(F)F. The highest BCUT2D eigenvalue weighted by Crippen LogP contribution is 2.13. The molecule has 0 spiro atoms. The van der Waals surface area contributed by atoms with Gasteiger partial charge in [-0.15, -0.1) is 17.6 Å². The van der Waals surface area contributed by atoms with Gasteiger partial charge in [0.1, 0.15) is 0 Å². The summed E-state index contributed by atoms with van der Waals surface area (Å²) < 4.78 is 38.8. The van der Waals surface area contributed by atoms with Gasteiger partial charge in [-0.25, -0.2) is 0 Å². The van der Waals surface area contributed by atoms with Crippen LogP contribution in [0.5, 0.6) is 0 Å². The van der Waals surface area contributed by atoms with Gasteiger partial charge in [0.05, 0.1) is 0 Å². The molecule has 0 aliphatic heterocycles. The van der Waals surface area contributed by atoms with E-state index in [-0.39, 0.29) is 0 Å². The predicted octanol–water partition coefficient (Wildman–Crippen LogP) is 1.48. The molecule has 0 atom stereocenters. The fourth-order valence-corrected chi connectivity index (χ4v) is 0. The van der Waals surface area contributed by atoms with Gasteiger partial charge in [-0.3, -0.25) is 0 Å². The van der Waals surface area contributed by atoms with Crippen LogP contribution >= 0.6 is 0 Å². The smallest absolute Gasteiger partial charge is 0.140 e. The Balaban J connectivity index is 3.02. The van der Waals surface area contributed by atoms with Gasteiger partial charge >= 0.3 is 6.43 Å². The second kappa shape index (κ2) is 0.841. The lowest BCUT2D eigenvalue weighted by atomic mass is 12.4. The number of alkyl halides is 4. The maximum atomic E-state index is 9.69. The first-order chi connectivity index (χ1) is 2.00. The standard InChI is InChI=1S/CF4/c2-1(3,4)5/i1+1. The minimum atomic E-state index is -5.50. The van der Waals surface area contributed by atoms with Gasteiger partial charge in [-0.2, -0.15) is 0 Å². The van der Waals surface area contributed by atoms with E-state index in [4.69, 9.17) is 0 Å². The van der Waals surface area contributed by atoms with Crippen LogP contribution in [0.25, 0.3) is 0 Å². The highest BCUT2D eigenvalue weighted by atomic mass is 19.6. The Bertz CT molecular complexity index is 19.1. The molecule has 0 aromatic rings. The van der Waals surface area contributed by atoms with Crippen molar-refractivity contribution in [1.82, 2.24) is 0 Å². The van der Waals surface area contributed by atoms with Crippen molar-refractivity contribution < 1.29 is 17.6 Å². The van der Waals surface area contributed by atoms with Crippen LogP contribution in [0.15, 0.2) is 0 Å². The Labute approximate surface area is 25.4 Å². The van der Waals surface area contributed by atoms with Gasteiger partial charge < -0.3 is 0 Å². The highest BCUT2D eigenvalue weighted by molar-refractivity contribution is 4.08. The molecule has 0 N–H and O–H groups in total. The second-order valence-corrected chi connectivity index (χ2v) is 0.429. The molecule has 0 heterocycles. The van der Waals surface area contributed by atoms with Crippen LogP contribution in [-0.4, -0.2) is 6.43 Å². The van der Waals surface area contributed by atoms with Crippen molar-refractivity contribution in [3.63, 3.8) is 0 Å². The molecule has 0 radical (unpaired) electrons. The molecule has 0 saturated heterocycles. The summed E-state index contributed by atoms with van der Waals surface area (Å²) in [6.07, 6.45) is -5.50. The topological polar surface area (TPSA) is 0 Å². The summed E-state index contributed by atoms with van der Waals surface area (Å²) in [6, 6.07) is 0. The fraction of sp³-hybridized carbons (Fsp3) is 1.00. The lowest BCUT2D eigenvalue weighted by Gasteiger charge is -1.82. The molecule has 0 aliphatic rings. The van der Waals surface area contributed by atoms with Crippen LogP contribution in [0.4, 0.5) is 17.6 Å². The fourth-order valence-electron chi connectivity index (χ4n) is 0. The maximum absolute atomic E-state index is 9.69. The lowest BCUT2D eigenvalue weighted by molar-refractivity contribution is -0.237. The van der Waals surface area contributed by atoms with E-state index in [1.807, 2.05) is 0 Å². The molecule has 0 unspecified atom stereocenters. The molecule has 32 valence electrons. The molecular formula is CF4. The van der Waals surface area contributed by atoms with Gasteiger partial charge in [0.15, 0.2) is 0 Å². The van der Waals surface area contributed by atoms with Gasteiger partial charge in [0.2, 0.25) is 0 Å². The number of hydrogen-bond acceptors (Lipinski definition) is 0. The number of hydrogen-bond donors (Lipinski definition) is 0. The van der Waals surface area contributed by atoms with Crippen LogP contribution in [0.1, 0.15) is 0 Å². The van der Waals surface area contributed by atoms with Gasteiger partial charge in [0, 0.05) is 0 Å². The zero-order valence-corrected chi connectivity index (χ0v) is 2.01. The highest BCUT2D eigenvalue weighted by Gasteiger charge is 2.24. The van der Waals surface area contributed by atoms with Crippen molar-refractivity contribution in [2.24, 2.45) is 0 Å². The average molecular weight is 89.0 g/mol. The third-order valence-corrected chi connectivity index (χ3v) is 0. The summed E-state index contributed by atoms with van der Waals surface area (Å²) in [6.45, 7) is 0. The molecule has 0 bridgehead atoms.